The Balaban J connectivity index is 1.52. The van der Waals surface area contributed by atoms with Crippen LogP contribution in [0, 0.1) is 0 Å². The van der Waals surface area contributed by atoms with Gasteiger partial charge in [0, 0.05) is 44.1 Å². The molecule has 1 aliphatic rings. The molecule has 3 rings (SSSR count). The normalized spacial score (nSPS) is 17.8. The molecule has 130 valence electrons. The third kappa shape index (κ3) is 3.66. The number of aromatic nitrogens is 4. The first-order valence-electron chi connectivity index (χ1n) is 8.65. The Kier molecular flexibility index (Phi) is 4.97. The van der Waals surface area contributed by atoms with Crippen LogP contribution in [-0.2, 0) is 18.3 Å². The predicted molar refractivity (Wildman–Crippen MR) is 88.2 cm³/mol. The summed E-state index contributed by atoms with van der Waals surface area (Å²) in [5, 5.41) is 8.18. The molecular weight excluding hydrogens is 306 g/mol. The van der Waals surface area contributed by atoms with E-state index in [1.54, 1.807) is 4.68 Å². The zero-order valence-corrected chi connectivity index (χ0v) is 14.6. The Hall–Kier alpha value is -2.18. The maximum atomic E-state index is 12.6. The highest BCUT2D eigenvalue weighted by Gasteiger charge is 2.30. The molecule has 2 aromatic rings. The van der Waals surface area contributed by atoms with Crippen molar-refractivity contribution in [2.45, 2.75) is 57.9 Å². The molecule has 3 heterocycles. The van der Waals surface area contributed by atoms with Crippen LogP contribution in [0.5, 0.6) is 0 Å². The molecule has 7 heteroatoms. The molecule has 7 nitrogen and oxygen atoms in total. The van der Waals surface area contributed by atoms with Crippen LogP contribution in [0.4, 0.5) is 0 Å². The first kappa shape index (κ1) is 16.7. The third-order valence-corrected chi connectivity index (χ3v) is 4.46. The maximum absolute atomic E-state index is 12.6. The minimum Gasteiger partial charge on any atom is -0.339 e. The lowest BCUT2D eigenvalue weighted by Gasteiger charge is -2.23. The summed E-state index contributed by atoms with van der Waals surface area (Å²) in [6.07, 6.45) is 7.82. The first-order valence-corrected chi connectivity index (χ1v) is 8.65. The van der Waals surface area contributed by atoms with Crippen LogP contribution < -0.4 is 0 Å². The molecule has 1 fully saturated rings. The fourth-order valence-electron chi connectivity index (χ4n) is 3.16. The Labute approximate surface area is 142 Å². The van der Waals surface area contributed by atoms with Gasteiger partial charge in [0.05, 0.1) is 12.2 Å². The van der Waals surface area contributed by atoms with Crippen molar-refractivity contribution in [1.82, 2.24) is 24.8 Å². The SMILES string of the molecule is CC(C)c1noc(CCCC(=O)N2CCCC2c2cnn(C)c2)n1. The molecule has 0 bridgehead atoms. The van der Waals surface area contributed by atoms with Crippen molar-refractivity contribution in [3.8, 4) is 0 Å². The summed E-state index contributed by atoms with van der Waals surface area (Å²) in [5.41, 5.74) is 1.13. The van der Waals surface area contributed by atoms with Crippen molar-refractivity contribution in [3.63, 3.8) is 0 Å². The van der Waals surface area contributed by atoms with E-state index in [1.165, 1.54) is 0 Å². The molecule has 2 aromatic heterocycles. The van der Waals surface area contributed by atoms with Crippen molar-refractivity contribution in [2.75, 3.05) is 6.54 Å². The van der Waals surface area contributed by atoms with Crippen LogP contribution in [0.25, 0.3) is 0 Å². The second-order valence-corrected chi connectivity index (χ2v) is 6.75. The van der Waals surface area contributed by atoms with Gasteiger partial charge in [0.25, 0.3) is 0 Å². The van der Waals surface area contributed by atoms with Crippen molar-refractivity contribution < 1.29 is 9.32 Å². The second kappa shape index (κ2) is 7.15. The largest absolute Gasteiger partial charge is 0.339 e. The number of carbonyl (C=O) groups excluding carboxylic acids is 1. The van der Waals surface area contributed by atoms with Gasteiger partial charge in [0.1, 0.15) is 0 Å². The maximum Gasteiger partial charge on any atom is 0.226 e. The number of rotatable bonds is 6. The number of hydrogen-bond acceptors (Lipinski definition) is 5. The number of amides is 1. The summed E-state index contributed by atoms with van der Waals surface area (Å²) >= 11 is 0. The van der Waals surface area contributed by atoms with E-state index in [2.05, 4.69) is 15.2 Å². The number of likely N-dealkylation sites (tertiary alicyclic amines) is 1. The van der Waals surface area contributed by atoms with Crippen LogP contribution in [-0.4, -0.2) is 37.3 Å². The average Bonchev–Trinajstić information content (AvgIpc) is 3.26. The minimum atomic E-state index is 0.169. The summed E-state index contributed by atoms with van der Waals surface area (Å²) in [4.78, 5) is 18.9. The summed E-state index contributed by atoms with van der Waals surface area (Å²) in [6.45, 7) is 4.89. The van der Waals surface area contributed by atoms with Gasteiger partial charge < -0.3 is 9.42 Å². The monoisotopic (exact) mass is 331 g/mol. The van der Waals surface area contributed by atoms with Gasteiger partial charge in [-0.05, 0) is 19.3 Å². The highest BCUT2D eigenvalue weighted by molar-refractivity contribution is 5.77. The lowest BCUT2D eigenvalue weighted by Crippen LogP contribution is -2.30. The molecule has 0 spiro atoms. The van der Waals surface area contributed by atoms with Gasteiger partial charge >= 0.3 is 0 Å². The van der Waals surface area contributed by atoms with E-state index < -0.39 is 0 Å². The fraction of sp³-hybridized carbons (Fsp3) is 0.647. The molecule has 0 aromatic carbocycles. The number of carbonyl (C=O) groups is 1. The van der Waals surface area contributed by atoms with E-state index in [9.17, 15) is 4.79 Å². The van der Waals surface area contributed by atoms with Gasteiger partial charge in [0.15, 0.2) is 5.82 Å². The highest BCUT2D eigenvalue weighted by atomic mass is 16.5. The zero-order valence-electron chi connectivity index (χ0n) is 14.6. The van der Waals surface area contributed by atoms with Gasteiger partial charge in [0.2, 0.25) is 11.8 Å². The fourth-order valence-corrected chi connectivity index (χ4v) is 3.16. The zero-order chi connectivity index (χ0) is 17.1. The lowest BCUT2D eigenvalue weighted by molar-refractivity contribution is -0.132. The van der Waals surface area contributed by atoms with Gasteiger partial charge in [-0.2, -0.15) is 10.1 Å². The van der Waals surface area contributed by atoms with Gasteiger partial charge in [-0.25, -0.2) is 0 Å². The van der Waals surface area contributed by atoms with Crippen molar-refractivity contribution in [1.29, 1.82) is 0 Å². The summed E-state index contributed by atoms with van der Waals surface area (Å²) in [5.74, 6) is 1.81. The molecular formula is C17H25N5O2. The van der Waals surface area contributed by atoms with Crippen LogP contribution >= 0.6 is 0 Å². The molecule has 0 saturated carbocycles. The standard InChI is InChI=1S/C17H25N5O2/c1-12(2)17-19-15(24-20-17)7-4-8-16(23)22-9-5-6-14(22)13-10-18-21(3)11-13/h10-12,14H,4-9H2,1-3H3. The third-order valence-electron chi connectivity index (χ3n) is 4.46. The van der Waals surface area contributed by atoms with E-state index in [-0.39, 0.29) is 17.9 Å². The molecule has 0 aliphatic carbocycles. The second-order valence-electron chi connectivity index (χ2n) is 6.75. The lowest BCUT2D eigenvalue weighted by atomic mass is 10.1. The molecule has 1 unspecified atom stereocenters. The molecule has 0 N–H and O–H groups in total. The highest BCUT2D eigenvalue weighted by Crippen LogP contribution is 2.32. The Morgan fingerprint density at radius 2 is 2.29 bits per heavy atom. The van der Waals surface area contributed by atoms with E-state index >= 15 is 0 Å². The van der Waals surface area contributed by atoms with Gasteiger partial charge in [-0.1, -0.05) is 19.0 Å². The number of aryl methyl sites for hydroxylation is 2. The minimum absolute atomic E-state index is 0.169. The molecule has 24 heavy (non-hydrogen) atoms. The van der Waals surface area contributed by atoms with Crippen LogP contribution in [0.2, 0.25) is 0 Å². The Morgan fingerprint density at radius 3 is 2.96 bits per heavy atom. The van der Waals surface area contributed by atoms with E-state index in [0.29, 0.717) is 18.7 Å². The smallest absolute Gasteiger partial charge is 0.226 e. The topological polar surface area (TPSA) is 77.0 Å². The van der Waals surface area contributed by atoms with E-state index in [4.69, 9.17) is 4.52 Å². The van der Waals surface area contributed by atoms with Gasteiger partial charge in [-0.15, -0.1) is 0 Å². The molecule has 0 radical (unpaired) electrons. The van der Waals surface area contributed by atoms with Crippen molar-refractivity contribution in [2.24, 2.45) is 7.05 Å². The summed E-state index contributed by atoms with van der Waals surface area (Å²) < 4.78 is 7.02. The van der Waals surface area contributed by atoms with Crippen LogP contribution in [0.15, 0.2) is 16.9 Å². The van der Waals surface area contributed by atoms with Crippen molar-refractivity contribution in [3.05, 3.63) is 29.7 Å². The first-order chi connectivity index (χ1) is 11.5. The number of nitrogens with zero attached hydrogens (tertiary/aromatic N) is 5. The van der Waals surface area contributed by atoms with E-state index in [1.807, 2.05) is 38.2 Å². The summed E-state index contributed by atoms with van der Waals surface area (Å²) in [6, 6.07) is 0.169. The average molecular weight is 331 g/mol. The molecule has 1 amide bonds. The van der Waals surface area contributed by atoms with E-state index in [0.717, 1.165) is 37.2 Å². The molecule has 1 saturated heterocycles. The van der Waals surface area contributed by atoms with Crippen LogP contribution in [0.3, 0.4) is 0 Å². The Morgan fingerprint density at radius 1 is 1.46 bits per heavy atom. The predicted octanol–water partition coefficient (Wildman–Crippen LogP) is 2.61. The summed E-state index contributed by atoms with van der Waals surface area (Å²) in [7, 11) is 1.90. The quantitative estimate of drug-likeness (QED) is 0.813. The molecule has 1 aliphatic heterocycles. The van der Waals surface area contributed by atoms with Gasteiger partial charge in [-0.3, -0.25) is 9.48 Å². The number of hydrogen-bond donors (Lipinski definition) is 0. The Bertz CT molecular complexity index is 691. The van der Waals surface area contributed by atoms with Crippen molar-refractivity contribution >= 4 is 5.91 Å². The van der Waals surface area contributed by atoms with Crippen LogP contribution in [0.1, 0.15) is 68.8 Å². The molecule has 1 atom stereocenters.